The Morgan fingerprint density at radius 3 is 2.77 bits per heavy atom. The van der Waals surface area contributed by atoms with Gasteiger partial charge in [-0.25, -0.2) is 9.78 Å². The Labute approximate surface area is 75.3 Å². The third-order valence-electron chi connectivity index (χ3n) is 1.83. The molecule has 0 aliphatic rings. The number of aromatic nitrogens is 1. The summed E-state index contributed by atoms with van der Waals surface area (Å²) in [6, 6.07) is 0. The number of hydrogen-bond donors (Lipinski definition) is 1. The standard InChI is InChI=1S/C8H11NO4/c1-8(2,12-3)6-5(7(10)11)9-4-13-6/h4H,1-3H3,(H,10,11). The molecule has 1 rings (SSSR count). The molecular weight excluding hydrogens is 174 g/mol. The minimum Gasteiger partial charge on any atom is -0.476 e. The van der Waals surface area contributed by atoms with Gasteiger partial charge in [-0.05, 0) is 13.8 Å². The molecule has 0 saturated heterocycles. The van der Waals surface area contributed by atoms with Gasteiger partial charge in [0.1, 0.15) is 5.60 Å². The average Bonchev–Trinajstić information content (AvgIpc) is 2.52. The summed E-state index contributed by atoms with van der Waals surface area (Å²) in [4.78, 5) is 14.3. The summed E-state index contributed by atoms with van der Waals surface area (Å²) in [5.41, 5.74) is -0.878. The molecule has 1 aromatic heterocycles. The van der Waals surface area contributed by atoms with Crippen LogP contribution in [0.5, 0.6) is 0 Å². The molecule has 0 radical (unpaired) electrons. The van der Waals surface area contributed by atoms with Crippen LogP contribution in [0.2, 0.25) is 0 Å². The fraction of sp³-hybridized carbons (Fsp3) is 0.500. The van der Waals surface area contributed by atoms with Crippen molar-refractivity contribution < 1.29 is 19.1 Å². The van der Waals surface area contributed by atoms with Crippen LogP contribution in [-0.2, 0) is 10.3 Å². The summed E-state index contributed by atoms with van der Waals surface area (Å²) < 4.78 is 10.0. The molecule has 0 bridgehead atoms. The highest BCUT2D eigenvalue weighted by Gasteiger charge is 2.30. The Morgan fingerprint density at radius 2 is 2.31 bits per heavy atom. The molecule has 0 atom stereocenters. The molecule has 0 aliphatic carbocycles. The SMILES string of the molecule is COC(C)(C)c1ocnc1C(=O)O. The lowest BCUT2D eigenvalue weighted by Gasteiger charge is -2.19. The summed E-state index contributed by atoms with van der Waals surface area (Å²) in [6.45, 7) is 3.42. The predicted octanol–water partition coefficient (Wildman–Crippen LogP) is 1.25. The summed E-state index contributed by atoms with van der Waals surface area (Å²) in [6.07, 6.45) is 1.10. The summed E-state index contributed by atoms with van der Waals surface area (Å²) in [5, 5.41) is 8.74. The second-order valence-corrected chi connectivity index (χ2v) is 3.05. The maximum Gasteiger partial charge on any atom is 0.358 e. The van der Waals surface area contributed by atoms with Crippen LogP contribution < -0.4 is 0 Å². The van der Waals surface area contributed by atoms with Crippen LogP contribution in [-0.4, -0.2) is 23.2 Å². The lowest BCUT2D eigenvalue weighted by Crippen LogP contribution is -2.21. The molecule has 0 aliphatic heterocycles. The summed E-state index contributed by atoms with van der Waals surface area (Å²) in [7, 11) is 1.48. The molecule has 0 saturated carbocycles. The van der Waals surface area contributed by atoms with E-state index in [4.69, 9.17) is 14.3 Å². The van der Waals surface area contributed by atoms with Gasteiger partial charge in [0, 0.05) is 7.11 Å². The largest absolute Gasteiger partial charge is 0.476 e. The summed E-state index contributed by atoms with van der Waals surface area (Å²) in [5.74, 6) is -0.892. The van der Waals surface area contributed by atoms with Crippen LogP contribution in [0, 0.1) is 0 Å². The van der Waals surface area contributed by atoms with E-state index in [1.807, 2.05) is 0 Å². The Bertz CT molecular complexity index is 316. The molecule has 13 heavy (non-hydrogen) atoms. The monoisotopic (exact) mass is 185 g/mol. The molecule has 0 spiro atoms. The maximum atomic E-state index is 10.7. The first kappa shape index (κ1) is 9.73. The van der Waals surface area contributed by atoms with Gasteiger partial charge < -0.3 is 14.3 Å². The van der Waals surface area contributed by atoms with Gasteiger partial charge in [0.25, 0.3) is 0 Å². The van der Waals surface area contributed by atoms with E-state index >= 15 is 0 Å². The minimum atomic E-state index is -1.12. The highest BCUT2D eigenvalue weighted by atomic mass is 16.5. The Balaban J connectivity index is 3.14. The molecule has 1 aromatic rings. The number of carboxylic acid groups (broad SMARTS) is 1. The third kappa shape index (κ3) is 1.70. The number of hydrogen-bond acceptors (Lipinski definition) is 4. The van der Waals surface area contributed by atoms with Crippen LogP contribution in [0.1, 0.15) is 30.1 Å². The van der Waals surface area contributed by atoms with Gasteiger partial charge in [-0.1, -0.05) is 0 Å². The first-order valence-electron chi connectivity index (χ1n) is 3.71. The van der Waals surface area contributed by atoms with E-state index in [2.05, 4.69) is 4.98 Å². The number of aromatic carboxylic acids is 1. The van der Waals surface area contributed by atoms with Gasteiger partial charge in [0.15, 0.2) is 17.8 Å². The van der Waals surface area contributed by atoms with Crippen molar-refractivity contribution >= 4 is 5.97 Å². The number of carboxylic acids is 1. The fourth-order valence-corrected chi connectivity index (χ4v) is 0.918. The van der Waals surface area contributed by atoms with Crippen molar-refractivity contribution in [1.29, 1.82) is 0 Å². The molecule has 1 N–H and O–H groups in total. The van der Waals surface area contributed by atoms with Gasteiger partial charge >= 0.3 is 5.97 Å². The van der Waals surface area contributed by atoms with Gasteiger partial charge in [-0.3, -0.25) is 0 Å². The highest BCUT2D eigenvalue weighted by molar-refractivity contribution is 5.86. The smallest absolute Gasteiger partial charge is 0.358 e. The number of ether oxygens (including phenoxy) is 1. The lowest BCUT2D eigenvalue weighted by molar-refractivity contribution is -0.000610. The topological polar surface area (TPSA) is 72.6 Å². The van der Waals surface area contributed by atoms with E-state index in [-0.39, 0.29) is 11.5 Å². The van der Waals surface area contributed by atoms with Crippen LogP contribution in [0.15, 0.2) is 10.8 Å². The third-order valence-corrected chi connectivity index (χ3v) is 1.83. The van der Waals surface area contributed by atoms with Crippen molar-refractivity contribution in [2.24, 2.45) is 0 Å². The highest BCUT2D eigenvalue weighted by Crippen LogP contribution is 2.26. The Hall–Kier alpha value is -1.36. The molecule has 0 fully saturated rings. The van der Waals surface area contributed by atoms with Gasteiger partial charge in [0.2, 0.25) is 0 Å². The molecular formula is C8H11NO4. The maximum absolute atomic E-state index is 10.7. The summed E-state index contributed by atoms with van der Waals surface area (Å²) >= 11 is 0. The number of carbonyl (C=O) groups is 1. The van der Waals surface area contributed by atoms with Crippen molar-refractivity contribution in [3.05, 3.63) is 17.8 Å². The molecule has 0 unspecified atom stereocenters. The average molecular weight is 185 g/mol. The molecule has 5 heteroatoms. The fourth-order valence-electron chi connectivity index (χ4n) is 0.918. The van der Waals surface area contributed by atoms with E-state index in [1.54, 1.807) is 13.8 Å². The van der Waals surface area contributed by atoms with Crippen LogP contribution >= 0.6 is 0 Å². The van der Waals surface area contributed by atoms with Gasteiger partial charge in [-0.2, -0.15) is 0 Å². The van der Waals surface area contributed by atoms with E-state index < -0.39 is 11.6 Å². The first-order valence-corrected chi connectivity index (χ1v) is 3.71. The van der Waals surface area contributed by atoms with Crippen molar-refractivity contribution in [2.45, 2.75) is 19.4 Å². The zero-order chi connectivity index (χ0) is 10.1. The molecule has 0 aromatic carbocycles. The van der Waals surface area contributed by atoms with Crippen molar-refractivity contribution in [3.8, 4) is 0 Å². The number of oxazole rings is 1. The second-order valence-electron chi connectivity index (χ2n) is 3.05. The van der Waals surface area contributed by atoms with Crippen molar-refractivity contribution in [2.75, 3.05) is 7.11 Å². The van der Waals surface area contributed by atoms with E-state index in [1.165, 1.54) is 7.11 Å². The number of rotatable bonds is 3. The number of nitrogens with zero attached hydrogens (tertiary/aromatic N) is 1. The van der Waals surface area contributed by atoms with Crippen molar-refractivity contribution in [1.82, 2.24) is 4.98 Å². The molecule has 72 valence electrons. The first-order chi connectivity index (χ1) is 5.99. The lowest BCUT2D eigenvalue weighted by atomic mass is 10.0. The quantitative estimate of drug-likeness (QED) is 0.767. The van der Waals surface area contributed by atoms with E-state index in [9.17, 15) is 4.79 Å². The van der Waals surface area contributed by atoms with Crippen molar-refractivity contribution in [3.63, 3.8) is 0 Å². The van der Waals surface area contributed by atoms with Crippen LogP contribution in [0.25, 0.3) is 0 Å². The second kappa shape index (κ2) is 3.18. The molecule has 0 amide bonds. The van der Waals surface area contributed by atoms with Crippen LogP contribution in [0.4, 0.5) is 0 Å². The van der Waals surface area contributed by atoms with Gasteiger partial charge in [0.05, 0.1) is 0 Å². The normalized spacial score (nSPS) is 11.6. The van der Waals surface area contributed by atoms with E-state index in [0.717, 1.165) is 6.39 Å². The predicted molar refractivity (Wildman–Crippen MR) is 43.5 cm³/mol. The zero-order valence-electron chi connectivity index (χ0n) is 7.70. The Morgan fingerprint density at radius 1 is 1.69 bits per heavy atom. The Kier molecular flexibility index (Phi) is 2.38. The van der Waals surface area contributed by atoms with Gasteiger partial charge in [-0.15, -0.1) is 0 Å². The number of methoxy groups -OCH3 is 1. The molecule has 5 nitrogen and oxygen atoms in total. The zero-order valence-corrected chi connectivity index (χ0v) is 7.70. The van der Waals surface area contributed by atoms with Crippen LogP contribution in [0.3, 0.4) is 0 Å². The molecule has 1 heterocycles. The van der Waals surface area contributed by atoms with E-state index in [0.29, 0.717) is 0 Å². The minimum absolute atomic E-state index is 0.105.